The number of nitrogens with two attached hydrogens (primary N) is 2. The van der Waals surface area contributed by atoms with Crippen molar-refractivity contribution in [3.05, 3.63) is 35.0 Å². The summed E-state index contributed by atoms with van der Waals surface area (Å²) in [6.45, 7) is 3.56. The molecule has 4 rings (SSSR count). The third kappa shape index (κ3) is 4.57. The molecule has 36 heavy (non-hydrogen) atoms. The van der Waals surface area contributed by atoms with Crippen molar-refractivity contribution < 1.29 is 24.3 Å². The van der Waals surface area contributed by atoms with Gasteiger partial charge in [-0.25, -0.2) is 14.8 Å². The van der Waals surface area contributed by atoms with Gasteiger partial charge in [0.05, 0.1) is 6.17 Å². The number of hydrogen-bond acceptors (Lipinski definition) is 12. The molecule has 7 N–H and O–H groups in total. The number of amides is 2. The van der Waals surface area contributed by atoms with Gasteiger partial charge < -0.3 is 31.6 Å². The first-order chi connectivity index (χ1) is 17.1. The lowest BCUT2D eigenvalue weighted by Crippen LogP contribution is -2.71. The van der Waals surface area contributed by atoms with Crippen LogP contribution in [0.15, 0.2) is 39.5 Å². The van der Waals surface area contributed by atoms with Gasteiger partial charge in [-0.15, -0.1) is 23.1 Å². The van der Waals surface area contributed by atoms with Gasteiger partial charge in [-0.05, 0) is 0 Å². The number of aliphatic carboxylic acids is 1. The first-order valence-electron chi connectivity index (χ1n) is 10.5. The summed E-state index contributed by atoms with van der Waals surface area (Å²) in [7, 11) is 1.65. The van der Waals surface area contributed by atoms with E-state index in [0.717, 1.165) is 16.2 Å². The number of carbonyl (C=O) groups is 3. The highest BCUT2D eigenvalue weighted by Crippen LogP contribution is 2.41. The van der Waals surface area contributed by atoms with Crippen LogP contribution in [0.1, 0.15) is 12.1 Å². The molecule has 3 atom stereocenters. The number of aromatic nitrogens is 1. The third-order valence-corrected chi connectivity index (χ3v) is 7.48. The maximum atomic E-state index is 13.1. The number of thioether (sulfide) groups is 1. The summed E-state index contributed by atoms with van der Waals surface area (Å²) in [6, 6.07) is -1.01. The fourth-order valence-corrected chi connectivity index (χ4v) is 5.67. The summed E-state index contributed by atoms with van der Waals surface area (Å²) in [5.74, 6) is -2.24. The van der Waals surface area contributed by atoms with Crippen molar-refractivity contribution in [2.75, 3.05) is 25.1 Å². The Balaban J connectivity index is 1.59. The Morgan fingerprint density at radius 2 is 2.25 bits per heavy atom. The zero-order valence-corrected chi connectivity index (χ0v) is 20.6. The van der Waals surface area contributed by atoms with Crippen molar-refractivity contribution in [1.82, 2.24) is 20.1 Å². The van der Waals surface area contributed by atoms with Gasteiger partial charge in [0, 0.05) is 30.2 Å². The number of rotatable bonds is 8. The predicted octanol–water partition coefficient (Wildman–Crippen LogP) is -0.633. The molecule has 190 valence electrons. The Bertz CT molecular complexity index is 1240. The van der Waals surface area contributed by atoms with Gasteiger partial charge in [-0.1, -0.05) is 17.8 Å². The van der Waals surface area contributed by atoms with Crippen molar-refractivity contribution in [2.45, 2.75) is 24.0 Å². The molecule has 0 saturated carbocycles. The van der Waals surface area contributed by atoms with Crippen LogP contribution in [-0.4, -0.2) is 92.0 Å². The van der Waals surface area contributed by atoms with Crippen molar-refractivity contribution in [2.24, 2.45) is 15.9 Å². The molecule has 2 amide bonds. The number of amidine groups is 2. The average Bonchev–Trinajstić information content (AvgIpc) is 3.27. The van der Waals surface area contributed by atoms with Crippen molar-refractivity contribution in [3.8, 4) is 0 Å². The number of likely N-dealkylation sites (N-methyl/N-ethyl adjacent to an activating group) is 1. The number of nitrogens with one attached hydrogen (secondary N) is 2. The van der Waals surface area contributed by atoms with Crippen LogP contribution in [-0.2, 0) is 19.2 Å². The van der Waals surface area contributed by atoms with E-state index < -0.39 is 35.4 Å². The molecule has 3 aliphatic rings. The SMILES string of the molecule is C=CCON=C(C(=O)NC1C(=O)N2C(C(=O)O)=C(C3=NC(=N)CC(N)N3C)CS[C@@H]12)c1csc(N)n1. The number of carboxylic acids is 1. The Morgan fingerprint density at radius 3 is 2.89 bits per heavy atom. The van der Waals surface area contributed by atoms with E-state index in [2.05, 4.69) is 27.0 Å². The molecule has 0 bridgehead atoms. The molecule has 2 unspecified atom stereocenters. The van der Waals surface area contributed by atoms with E-state index in [-0.39, 0.29) is 58.3 Å². The fourth-order valence-electron chi connectivity index (χ4n) is 3.78. The van der Waals surface area contributed by atoms with Crippen LogP contribution in [0.4, 0.5) is 5.13 Å². The van der Waals surface area contributed by atoms with Gasteiger partial charge in [0.2, 0.25) is 0 Å². The first kappa shape index (κ1) is 25.3. The number of thiazole rings is 1. The number of nitrogens with zero attached hydrogens (tertiary/aromatic N) is 5. The number of nitrogen functional groups attached to an aromatic ring is 1. The highest BCUT2D eigenvalue weighted by molar-refractivity contribution is 8.00. The lowest BCUT2D eigenvalue weighted by Gasteiger charge is -2.50. The summed E-state index contributed by atoms with van der Waals surface area (Å²) >= 11 is 2.36. The van der Waals surface area contributed by atoms with E-state index in [1.807, 2.05) is 0 Å². The average molecular weight is 534 g/mol. The maximum Gasteiger partial charge on any atom is 0.353 e. The molecule has 16 heteroatoms. The van der Waals surface area contributed by atoms with Crippen LogP contribution in [0.3, 0.4) is 0 Å². The number of anilines is 1. The topological polar surface area (TPSA) is 213 Å². The number of β-lactam (4-membered cyclic amide) rings is 1. The second kappa shape index (κ2) is 10.1. The Kier molecular flexibility index (Phi) is 7.09. The fraction of sp³-hybridized carbons (Fsp3) is 0.350. The maximum absolute atomic E-state index is 13.1. The second-order valence-electron chi connectivity index (χ2n) is 7.85. The molecule has 4 heterocycles. The Hall–Kier alpha value is -3.76. The van der Waals surface area contributed by atoms with E-state index in [1.165, 1.54) is 23.2 Å². The molecule has 1 saturated heterocycles. The van der Waals surface area contributed by atoms with E-state index in [4.69, 9.17) is 21.7 Å². The molecular formula is C20H23N9O5S2. The van der Waals surface area contributed by atoms with Gasteiger partial charge >= 0.3 is 5.97 Å². The van der Waals surface area contributed by atoms with Crippen LogP contribution < -0.4 is 16.8 Å². The smallest absolute Gasteiger partial charge is 0.353 e. The minimum absolute atomic E-state index is 0.0215. The predicted molar refractivity (Wildman–Crippen MR) is 134 cm³/mol. The monoisotopic (exact) mass is 533 g/mol. The number of carboxylic acid groups (broad SMARTS) is 1. The zero-order valence-electron chi connectivity index (χ0n) is 19.0. The lowest BCUT2D eigenvalue weighted by molar-refractivity contribution is -0.150. The van der Waals surface area contributed by atoms with Crippen LogP contribution in [0, 0.1) is 5.41 Å². The zero-order chi connectivity index (χ0) is 26.1. The molecule has 14 nitrogen and oxygen atoms in total. The molecule has 0 aliphatic carbocycles. The minimum atomic E-state index is -1.33. The normalized spacial score (nSPS) is 24.1. The number of hydrogen-bond donors (Lipinski definition) is 5. The van der Waals surface area contributed by atoms with Crippen LogP contribution in [0.2, 0.25) is 0 Å². The second-order valence-corrected chi connectivity index (χ2v) is 9.85. The standard InChI is InChI=1S/C20H23N9O5S2/c1-3-4-34-27-12(9-7-36-20(23)24-9)16(30)26-13-17(31)29-14(19(32)33)8(6-35-18(13)29)15-25-10(21)5-11(22)28(15)2/h3,7,11,13,18,21H,1,4-6,22H2,2H3,(H2,23,24)(H,26,30)(H,32,33)/t11?,13?,18-/m0/s1. The van der Waals surface area contributed by atoms with Gasteiger partial charge in [-0.3, -0.25) is 19.9 Å². The van der Waals surface area contributed by atoms with E-state index >= 15 is 0 Å². The van der Waals surface area contributed by atoms with Crippen LogP contribution >= 0.6 is 23.1 Å². The van der Waals surface area contributed by atoms with Crippen LogP contribution in [0.25, 0.3) is 0 Å². The van der Waals surface area contributed by atoms with Gasteiger partial charge in [-0.2, -0.15) is 0 Å². The largest absolute Gasteiger partial charge is 0.477 e. The van der Waals surface area contributed by atoms with Gasteiger partial charge in [0.15, 0.2) is 10.8 Å². The molecule has 1 fully saturated rings. The lowest BCUT2D eigenvalue weighted by atomic mass is 10.0. The molecule has 1 aromatic rings. The summed E-state index contributed by atoms with van der Waals surface area (Å²) in [6.07, 6.45) is 1.11. The number of oxime groups is 1. The third-order valence-electron chi connectivity index (χ3n) is 5.53. The highest BCUT2D eigenvalue weighted by Gasteiger charge is 2.55. The van der Waals surface area contributed by atoms with Crippen molar-refractivity contribution in [3.63, 3.8) is 0 Å². The Morgan fingerprint density at radius 1 is 1.50 bits per heavy atom. The quantitative estimate of drug-likeness (QED) is 0.0937. The Labute approximate surface area is 213 Å². The molecule has 0 spiro atoms. The summed E-state index contributed by atoms with van der Waals surface area (Å²) in [5.41, 5.74) is 11.7. The van der Waals surface area contributed by atoms with Gasteiger partial charge in [0.25, 0.3) is 11.8 Å². The summed E-state index contributed by atoms with van der Waals surface area (Å²) in [5, 5.41) is 25.4. The van der Waals surface area contributed by atoms with Crippen molar-refractivity contribution >= 4 is 63.4 Å². The van der Waals surface area contributed by atoms with E-state index in [9.17, 15) is 19.5 Å². The molecule has 3 aliphatic heterocycles. The molecule has 1 aromatic heterocycles. The van der Waals surface area contributed by atoms with Crippen LogP contribution in [0.5, 0.6) is 0 Å². The molecular weight excluding hydrogens is 510 g/mol. The number of aliphatic imine (C=N–C) groups is 1. The number of fused-ring (bicyclic) bond motifs is 1. The number of carbonyl (C=O) groups excluding carboxylic acids is 2. The molecule has 0 radical (unpaired) electrons. The van der Waals surface area contributed by atoms with Crippen molar-refractivity contribution in [1.29, 1.82) is 5.41 Å². The summed E-state index contributed by atoms with van der Waals surface area (Å²) in [4.78, 5) is 54.3. The first-order valence-corrected chi connectivity index (χ1v) is 12.5. The van der Waals surface area contributed by atoms with Gasteiger partial charge in [0.1, 0.15) is 41.1 Å². The van der Waals surface area contributed by atoms with E-state index in [1.54, 1.807) is 11.9 Å². The minimum Gasteiger partial charge on any atom is -0.477 e. The molecule has 0 aromatic carbocycles. The summed E-state index contributed by atoms with van der Waals surface area (Å²) < 4.78 is 0. The van der Waals surface area contributed by atoms with E-state index in [0.29, 0.717) is 0 Å². The highest BCUT2D eigenvalue weighted by atomic mass is 32.2.